The van der Waals surface area contributed by atoms with Crippen molar-refractivity contribution in [3.63, 3.8) is 0 Å². The van der Waals surface area contributed by atoms with Gasteiger partial charge in [-0.25, -0.2) is 0 Å². The van der Waals surface area contributed by atoms with Crippen LogP contribution in [0.2, 0.25) is 0 Å². The summed E-state index contributed by atoms with van der Waals surface area (Å²) < 4.78 is 1.74. The zero-order valence-electron chi connectivity index (χ0n) is 10.9. The van der Waals surface area contributed by atoms with Gasteiger partial charge < -0.3 is 20.5 Å². The second-order valence-corrected chi connectivity index (χ2v) is 4.54. The first-order valence-electron chi connectivity index (χ1n) is 5.85. The van der Waals surface area contributed by atoms with Gasteiger partial charge in [0.25, 0.3) is 5.91 Å². The number of nitrogens with zero attached hydrogens (tertiary/aromatic N) is 2. The van der Waals surface area contributed by atoms with E-state index >= 15 is 0 Å². The molecule has 0 radical (unpaired) electrons. The standard InChI is InChI=1S/C12H22N4O/c1-15(2)7-5-4-6-14-12(17)11-8-10(13)9-16(11)3/h8-9H,4-7,13H2,1-3H3,(H,14,17). The van der Waals surface area contributed by atoms with E-state index in [4.69, 9.17) is 5.73 Å². The van der Waals surface area contributed by atoms with Gasteiger partial charge in [-0.1, -0.05) is 0 Å². The molecule has 0 spiro atoms. The van der Waals surface area contributed by atoms with Crippen molar-refractivity contribution >= 4 is 11.6 Å². The number of carbonyl (C=O) groups excluding carboxylic acids is 1. The normalized spacial score (nSPS) is 10.8. The summed E-state index contributed by atoms with van der Waals surface area (Å²) in [5.74, 6) is -0.0611. The highest BCUT2D eigenvalue weighted by Gasteiger charge is 2.09. The summed E-state index contributed by atoms with van der Waals surface area (Å²) in [7, 11) is 5.91. The van der Waals surface area contributed by atoms with E-state index in [0.29, 0.717) is 17.9 Å². The van der Waals surface area contributed by atoms with E-state index in [-0.39, 0.29) is 5.91 Å². The van der Waals surface area contributed by atoms with Gasteiger partial charge in [-0.15, -0.1) is 0 Å². The lowest BCUT2D eigenvalue weighted by Crippen LogP contribution is -2.26. The summed E-state index contributed by atoms with van der Waals surface area (Å²) >= 11 is 0. The van der Waals surface area contributed by atoms with Crippen molar-refractivity contribution in [1.29, 1.82) is 0 Å². The zero-order chi connectivity index (χ0) is 12.8. The Labute approximate surface area is 103 Å². The molecule has 0 aliphatic rings. The molecule has 0 unspecified atom stereocenters. The fourth-order valence-corrected chi connectivity index (χ4v) is 1.66. The molecule has 1 aromatic heterocycles. The molecular weight excluding hydrogens is 216 g/mol. The molecule has 0 fully saturated rings. The number of aryl methyl sites for hydroxylation is 1. The van der Waals surface area contributed by atoms with Gasteiger partial charge in [-0.3, -0.25) is 4.79 Å². The Morgan fingerprint density at radius 3 is 2.71 bits per heavy atom. The first kappa shape index (κ1) is 13.6. The van der Waals surface area contributed by atoms with Gasteiger partial charge in [0, 0.05) is 19.8 Å². The van der Waals surface area contributed by atoms with Gasteiger partial charge in [0.15, 0.2) is 0 Å². The lowest BCUT2D eigenvalue weighted by atomic mass is 10.3. The number of carbonyl (C=O) groups is 1. The van der Waals surface area contributed by atoms with Crippen LogP contribution in [-0.2, 0) is 7.05 Å². The number of hydrogen-bond acceptors (Lipinski definition) is 3. The van der Waals surface area contributed by atoms with E-state index in [2.05, 4.69) is 10.2 Å². The van der Waals surface area contributed by atoms with Gasteiger partial charge >= 0.3 is 0 Å². The van der Waals surface area contributed by atoms with Crippen LogP contribution >= 0.6 is 0 Å². The average Bonchev–Trinajstić information content (AvgIpc) is 2.56. The Balaban J connectivity index is 2.28. The third kappa shape index (κ3) is 4.48. The number of nitrogens with one attached hydrogen (secondary N) is 1. The molecule has 5 heteroatoms. The Bertz CT molecular complexity index is 371. The van der Waals surface area contributed by atoms with Crippen LogP contribution in [-0.4, -0.2) is 42.6 Å². The van der Waals surface area contributed by atoms with Crippen LogP contribution < -0.4 is 11.1 Å². The van der Waals surface area contributed by atoms with Crippen molar-refractivity contribution in [3.05, 3.63) is 18.0 Å². The Hall–Kier alpha value is -1.49. The molecule has 1 aromatic rings. The van der Waals surface area contributed by atoms with Crippen molar-refractivity contribution in [3.8, 4) is 0 Å². The fraction of sp³-hybridized carbons (Fsp3) is 0.583. The molecule has 17 heavy (non-hydrogen) atoms. The second-order valence-electron chi connectivity index (χ2n) is 4.54. The lowest BCUT2D eigenvalue weighted by Gasteiger charge is -2.09. The van der Waals surface area contributed by atoms with E-state index < -0.39 is 0 Å². The largest absolute Gasteiger partial charge is 0.397 e. The van der Waals surface area contributed by atoms with E-state index in [1.54, 1.807) is 16.8 Å². The minimum absolute atomic E-state index is 0.0611. The van der Waals surface area contributed by atoms with Gasteiger partial charge in [-0.2, -0.15) is 0 Å². The maximum Gasteiger partial charge on any atom is 0.267 e. The van der Waals surface area contributed by atoms with Crippen molar-refractivity contribution in [1.82, 2.24) is 14.8 Å². The highest BCUT2D eigenvalue weighted by atomic mass is 16.1. The molecule has 0 saturated carbocycles. The highest BCUT2D eigenvalue weighted by molar-refractivity contribution is 5.93. The number of unbranched alkanes of at least 4 members (excludes halogenated alkanes) is 1. The van der Waals surface area contributed by atoms with Crippen LogP contribution in [0.3, 0.4) is 0 Å². The van der Waals surface area contributed by atoms with E-state index in [9.17, 15) is 4.79 Å². The molecule has 1 rings (SSSR count). The molecule has 0 saturated heterocycles. The smallest absolute Gasteiger partial charge is 0.267 e. The molecule has 0 atom stereocenters. The summed E-state index contributed by atoms with van der Waals surface area (Å²) in [5.41, 5.74) is 6.84. The third-order valence-electron chi connectivity index (χ3n) is 2.58. The van der Waals surface area contributed by atoms with Gasteiger partial charge in [-0.05, 0) is 39.5 Å². The molecule has 0 aliphatic heterocycles. The topological polar surface area (TPSA) is 63.3 Å². The van der Waals surface area contributed by atoms with Crippen LogP contribution in [0.15, 0.2) is 12.3 Å². The highest BCUT2D eigenvalue weighted by Crippen LogP contribution is 2.08. The molecule has 0 aromatic carbocycles. The van der Waals surface area contributed by atoms with Crippen molar-refractivity contribution in [2.75, 3.05) is 32.9 Å². The number of amides is 1. The number of hydrogen-bond donors (Lipinski definition) is 2. The van der Waals surface area contributed by atoms with Crippen LogP contribution in [0.25, 0.3) is 0 Å². The molecule has 5 nitrogen and oxygen atoms in total. The molecule has 0 bridgehead atoms. The first-order valence-corrected chi connectivity index (χ1v) is 5.85. The monoisotopic (exact) mass is 238 g/mol. The average molecular weight is 238 g/mol. The summed E-state index contributed by atoms with van der Waals surface area (Å²) in [5, 5.41) is 2.89. The van der Waals surface area contributed by atoms with Crippen molar-refractivity contribution < 1.29 is 4.79 Å². The zero-order valence-corrected chi connectivity index (χ0v) is 10.9. The van der Waals surface area contributed by atoms with Crippen LogP contribution in [0.1, 0.15) is 23.3 Å². The molecule has 0 aliphatic carbocycles. The van der Waals surface area contributed by atoms with Crippen LogP contribution in [0.4, 0.5) is 5.69 Å². The second kappa shape index (κ2) is 6.30. The quantitative estimate of drug-likeness (QED) is 0.716. The Kier molecular flexibility index (Phi) is 5.03. The first-order chi connectivity index (χ1) is 8.00. The van der Waals surface area contributed by atoms with Crippen LogP contribution in [0.5, 0.6) is 0 Å². The van der Waals surface area contributed by atoms with E-state index in [1.165, 1.54) is 0 Å². The maximum absolute atomic E-state index is 11.8. The molecule has 1 amide bonds. The number of nitrogen functional groups attached to an aromatic ring is 1. The summed E-state index contributed by atoms with van der Waals surface area (Å²) in [6.45, 7) is 1.75. The number of anilines is 1. The SMILES string of the molecule is CN(C)CCCCNC(=O)c1cc(N)cn1C. The Morgan fingerprint density at radius 1 is 1.47 bits per heavy atom. The molecule has 3 N–H and O–H groups in total. The molecule has 1 heterocycles. The van der Waals surface area contributed by atoms with Crippen LogP contribution in [0, 0.1) is 0 Å². The number of aromatic nitrogens is 1. The summed E-state index contributed by atoms with van der Waals surface area (Å²) in [6.07, 6.45) is 3.81. The van der Waals surface area contributed by atoms with Gasteiger partial charge in [0.1, 0.15) is 5.69 Å². The molecule has 96 valence electrons. The Morgan fingerprint density at radius 2 is 2.18 bits per heavy atom. The van der Waals surface area contributed by atoms with E-state index in [0.717, 1.165) is 19.4 Å². The predicted molar refractivity (Wildman–Crippen MR) is 69.9 cm³/mol. The third-order valence-corrected chi connectivity index (χ3v) is 2.58. The summed E-state index contributed by atoms with van der Waals surface area (Å²) in [6, 6.07) is 1.69. The predicted octanol–water partition coefficient (Wildman–Crippen LogP) is 0.679. The minimum atomic E-state index is -0.0611. The maximum atomic E-state index is 11.8. The van der Waals surface area contributed by atoms with Crippen molar-refractivity contribution in [2.24, 2.45) is 7.05 Å². The number of rotatable bonds is 6. The number of nitrogens with two attached hydrogens (primary N) is 1. The molecular formula is C12H22N4O. The van der Waals surface area contributed by atoms with Crippen molar-refractivity contribution in [2.45, 2.75) is 12.8 Å². The van der Waals surface area contributed by atoms with E-state index in [1.807, 2.05) is 21.1 Å². The lowest BCUT2D eigenvalue weighted by molar-refractivity contribution is 0.0944. The minimum Gasteiger partial charge on any atom is -0.397 e. The van der Waals surface area contributed by atoms with Gasteiger partial charge in [0.2, 0.25) is 0 Å². The fourth-order valence-electron chi connectivity index (χ4n) is 1.66. The summed E-state index contributed by atoms with van der Waals surface area (Å²) in [4.78, 5) is 13.9. The van der Waals surface area contributed by atoms with Gasteiger partial charge in [0.05, 0.1) is 5.69 Å².